The van der Waals surface area contributed by atoms with E-state index in [2.05, 4.69) is 64.8 Å². The minimum Gasteiger partial charge on any atom is -0.472 e. The van der Waals surface area contributed by atoms with E-state index in [9.17, 15) is 67.1 Å². The van der Waals surface area contributed by atoms with Crippen LogP contribution in [0.4, 0.5) is 105 Å². The summed E-state index contributed by atoms with van der Waals surface area (Å²) in [6.45, 7) is 18.2. The predicted octanol–water partition coefficient (Wildman–Crippen LogP) is 10.4. The van der Waals surface area contributed by atoms with Crippen LogP contribution in [-0.2, 0) is 57.9 Å². The summed E-state index contributed by atoms with van der Waals surface area (Å²) >= 11 is 0. The third-order valence-electron chi connectivity index (χ3n) is 22.0. The van der Waals surface area contributed by atoms with Crippen molar-refractivity contribution in [2.75, 3.05) is 200 Å². The second-order valence-electron chi connectivity index (χ2n) is 32.5. The minimum absolute atomic E-state index is 0.00253. The van der Waals surface area contributed by atoms with E-state index in [1.54, 1.807) is 47.9 Å². The number of halogens is 12. The quantitative estimate of drug-likeness (QED) is 0.0546. The lowest BCUT2D eigenvalue weighted by Gasteiger charge is -2.27. The Morgan fingerprint density at radius 3 is 1.07 bits per heavy atom. The number of morpholine rings is 4. The van der Waals surface area contributed by atoms with E-state index in [0.717, 1.165) is 43.0 Å². The number of pyridine rings is 3. The van der Waals surface area contributed by atoms with E-state index >= 15 is 0 Å². The summed E-state index contributed by atoms with van der Waals surface area (Å²) in [5.74, 6) is 0.0733. The summed E-state index contributed by atoms with van der Waals surface area (Å²) in [5.41, 5.74) is 17.6. The summed E-state index contributed by atoms with van der Waals surface area (Å²) in [6.07, 6.45) is -14.2. The molecule has 16 heterocycles. The van der Waals surface area contributed by atoms with Crippen LogP contribution in [0.3, 0.4) is 0 Å². The Balaban J connectivity index is 0.000000145. The van der Waals surface area contributed by atoms with E-state index in [-0.39, 0.29) is 158 Å². The van der Waals surface area contributed by atoms with Crippen molar-refractivity contribution >= 4 is 65.1 Å². The number of aromatic nitrogens is 13. The first-order valence-corrected chi connectivity index (χ1v) is 43.3. The van der Waals surface area contributed by atoms with Crippen LogP contribution in [0.5, 0.6) is 23.5 Å². The summed E-state index contributed by atoms with van der Waals surface area (Å²) in [7, 11) is 0. The number of hydrogen-bond acceptors (Lipinski definition) is 34. The second kappa shape index (κ2) is 43.0. The highest BCUT2D eigenvalue weighted by molar-refractivity contribution is 5.94. The third kappa shape index (κ3) is 25.9. The van der Waals surface area contributed by atoms with Crippen molar-refractivity contribution in [2.24, 2.45) is 5.92 Å². The molecule has 8 N–H and O–H groups in total. The number of carbonyl (C=O) groups is 3. The Hall–Kier alpha value is -13.2. The fourth-order valence-corrected chi connectivity index (χ4v) is 15.3. The molecular weight excluding hydrogens is 1810 g/mol. The van der Waals surface area contributed by atoms with Crippen LogP contribution in [0.15, 0.2) is 97.6 Å². The van der Waals surface area contributed by atoms with Crippen LogP contribution >= 0.6 is 0 Å². The molecule has 0 saturated carbocycles. The number of anilines is 8. The van der Waals surface area contributed by atoms with Gasteiger partial charge in [0, 0.05) is 180 Å². The van der Waals surface area contributed by atoms with Gasteiger partial charge < -0.3 is 105 Å². The van der Waals surface area contributed by atoms with Crippen molar-refractivity contribution in [3.05, 3.63) is 126 Å². The lowest BCUT2D eigenvalue weighted by molar-refractivity contribution is -0.141. The lowest BCUT2D eigenvalue weighted by atomic mass is 10.1. The number of nitrogen functional groups attached to an aromatic ring is 4. The fraction of sp³-hybridized carbons (Fsp3) is 0.488. The van der Waals surface area contributed by atoms with Crippen LogP contribution in [-0.4, -0.2) is 286 Å². The Morgan fingerprint density at radius 2 is 0.719 bits per heavy atom. The third-order valence-corrected chi connectivity index (χ3v) is 22.0. The van der Waals surface area contributed by atoms with Gasteiger partial charge in [-0.05, 0) is 44.2 Å². The maximum atomic E-state index is 13.8. The van der Waals surface area contributed by atoms with Gasteiger partial charge in [0.25, 0.3) is 5.91 Å². The van der Waals surface area contributed by atoms with E-state index in [0.29, 0.717) is 182 Å². The molecule has 724 valence electrons. The molecule has 9 aromatic rings. The first-order valence-electron chi connectivity index (χ1n) is 43.3. The number of benzene rings is 1. The molecule has 8 aliphatic heterocycles. The number of carbonyl (C=O) groups excluding carboxylic acids is 3. The molecule has 8 fully saturated rings. The molecule has 49 heteroatoms. The number of amides is 3. The predicted molar refractivity (Wildman–Crippen MR) is 463 cm³/mol. The van der Waals surface area contributed by atoms with Gasteiger partial charge in [0.05, 0.1) is 131 Å². The Bertz CT molecular complexity index is 5580. The molecule has 0 aliphatic carbocycles. The van der Waals surface area contributed by atoms with E-state index < -0.39 is 65.2 Å². The van der Waals surface area contributed by atoms with Crippen LogP contribution in [0.25, 0.3) is 45.0 Å². The second-order valence-corrected chi connectivity index (χ2v) is 32.5. The first-order chi connectivity index (χ1) is 64.4. The molecule has 4 atom stereocenters. The topological polar surface area (TPSA) is 438 Å². The number of alkyl halides is 12. The molecule has 135 heavy (non-hydrogen) atoms. The molecule has 8 aliphatic rings. The van der Waals surface area contributed by atoms with Gasteiger partial charge in [-0.3, -0.25) is 9.59 Å². The zero-order valence-corrected chi connectivity index (χ0v) is 73.6. The summed E-state index contributed by atoms with van der Waals surface area (Å²) < 4.78 is 221. The standard InChI is InChI=1S/C25H25F3N6O3.C22H27F3N6O4.C22H27F3N6O3.C17H19F3N6O3/c26-25(27,28)19-12-21(29)30-14-18(19)20-13-22(32-24(31-20)33-8-10-36-11-9-33)37-17-6-7-34(15-17)23(35)16-4-2-1-3-5-16;1-13(2)34-21(32)31-4-3-14(12-31)35-19-10-17(28-20(29-19)30-5-7-33-8-6-30)15-11-27-18(26)9-16(15)22(23,24)25;1-13(2)20(32)31-4-3-14(12-31)34-19-10-17(28-21(29-19)30-5-7-33-8-6-30)15-11-27-18(26)9-16(15)22(23,24)25;18-17(19,20)14-11(8-22-15(21)25-14)12-7-13(29-10-1-4-28-9-10)24-16(23-12)26-2-5-27-6-3-26/h1-5,12-14,17H,6-11,15H2,(H2,29,30);9-11,13-14H,3-8,12H2,1-2H3,(H2,26,27);9-11,13-14H,3-8,12H2,1-2H3,(H2,26,27);7-8,10H,1-6,9H2,(H2,21,22,25)/t17-;2*14-;10-/m0001/s1. The number of rotatable bonds is 19. The largest absolute Gasteiger partial charge is 0.472 e. The summed E-state index contributed by atoms with van der Waals surface area (Å²) in [4.78, 5) is 104. The van der Waals surface area contributed by atoms with Crippen molar-refractivity contribution < 1.29 is 114 Å². The molecule has 17 rings (SSSR count). The van der Waals surface area contributed by atoms with Crippen molar-refractivity contribution in [3.63, 3.8) is 0 Å². The first kappa shape index (κ1) is 97.9. The van der Waals surface area contributed by atoms with Crippen molar-refractivity contribution in [1.29, 1.82) is 0 Å². The van der Waals surface area contributed by atoms with Crippen LogP contribution in [0, 0.1) is 5.92 Å². The van der Waals surface area contributed by atoms with Gasteiger partial charge in [-0.15, -0.1) is 0 Å². The van der Waals surface area contributed by atoms with Gasteiger partial charge in [-0.25, -0.2) is 49.7 Å². The Labute approximate surface area is 764 Å². The van der Waals surface area contributed by atoms with Crippen LogP contribution in [0.2, 0.25) is 0 Å². The van der Waals surface area contributed by atoms with Gasteiger partial charge in [0.15, 0.2) is 5.69 Å². The zero-order valence-electron chi connectivity index (χ0n) is 73.6. The van der Waals surface area contributed by atoms with Crippen molar-refractivity contribution in [3.8, 4) is 68.5 Å². The maximum absolute atomic E-state index is 13.8. The normalized spacial score (nSPS) is 19.0. The van der Waals surface area contributed by atoms with Gasteiger partial charge in [-0.2, -0.15) is 72.6 Å². The average Bonchev–Trinajstić information content (AvgIpc) is 1.13. The molecule has 0 unspecified atom stereocenters. The van der Waals surface area contributed by atoms with Gasteiger partial charge in [0.1, 0.15) is 41.9 Å². The highest BCUT2D eigenvalue weighted by atomic mass is 19.4. The molecule has 3 amide bonds. The van der Waals surface area contributed by atoms with E-state index in [4.69, 9.17) is 70.3 Å². The van der Waals surface area contributed by atoms with Gasteiger partial charge >= 0.3 is 30.8 Å². The molecule has 0 spiro atoms. The average molecular weight is 1900 g/mol. The zero-order chi connectivity index (χ0) is 96.0. The Morgan fingerprint density at radius 1 is 0.378 bits per heavy atom. The number of ether oxygens (including phenoxy) is 10. The maximum Gasteiger partial charge on any atom is 0.434 e. The number of nitrogens with two attached hydrogens (primary N) is 4. The number of hydrogen-bond donors (Lipinski definition) is 4. The van der Waals surface area contributed by atoms with Crippen molar-refractivity contribution in [2.45, 2.75) is 109 Å². The fourth-order valence-electron chi connectivity index (χ4n) is 15.3. The molecule has 1 aromatic carbocycles. The molecule has 0 bridgehead atoms. The van der Waals surface area contributed by atoms with Crippen LogP contribution in [0.1, 0.15) is 86.1 Å². The van der Waals surface area contributed by atoms with E-state index in [1.165, 1.54) is 29.2 Å². The van der Waals surface area contributed by atoms with E-state index in [1.807, 2.05) is 39.5 Å². The van der Waals surface area contributed by atoms with Crippen LogP contribution < -0.4 is 61.5 Å². The molecule has 8 saturated heterocycles. The molecule has 8 aromatic heterocycles. The summed E-state index contributed by atoms with van der Waals surface area (Å²) in [6, 6.07) is 16.7. The Kier molecular flexibility index (Phi) is 31.2. The monoisotopic (exact) mass is 1900 g/mol. The minimum atomic E-state index is -4.73. The smallest absolute Gasteiger partial charge is 0.434 e. The SMILES string of the molecule is CC(C)C(=O)N1CC[C@H](Oc2cc(-c3cnc(N)cc3C(F)(F)F)nc(N3CCOCC3)n2)C1.CC(C)OC(=O)N1CC[C@H](Oc2cc(-c3cnc(N)cc3C(F)(F)F)nc(N3CCOCC3)n2)C1.Nc1cc(C(F)(F)F)c(-c2cc(O[C@H]3CCN(C(=O)c4ccccc4)C3)nc(N3CCOCC3)n2)cn1.Nc1ncc(-c2cc(O[C@@H]3CCOC3)nc(N3CCOCC3)n2)c(C(F)(F)F)n1. The van der Waals surface area contributed by atoms with Gasteiger partial charge in [0.2, 0.25) is 59.2 Å². The number of nitrogens with zero attached hydrogens (tertiary/aromatic N) is 20. The van der Waals surface area contributed by atoms with Gasteiger partial charge in [-0.1, -0.05) is 32.0 Å². The molecule has 0 radical (unpaired) electrons. The highest BCUT2D eigenvalue weighted by Crippen LogP contribution is 2.44. The highest BCUT2D eigenvalue weighted by Gasteiger charge is 2.42. The molecular formula is C86H98F12N24O13. The summed E-state index contributed by atoms with van der Waals surface area (Å²) in [5, 5.41) is 0. The number of likely N-dealkylation sites (tertiary alicyclic amines) is 3. The molecule has 37 nitrogen and oxygen atoms in total. The lowest BCUT2D eigenvalue weighted by Crippen LogP contribution is -2.37. The van der Waals surface area contributed by atoms with Crippen molar-refractivity contribution in [1.82, 2.24) is 79.5 Å².